The maximum Gasteiger partial charge on any atom is 0.180 e. The van der Waals surface area contributed by atoms with Gasteiger partial charge in [0.25, 0.3) is 0 Å². The molecule has 0 saturated carbocycles. The van der Waals surface area contributed by atoms with E-state index >= 15 is 0 Å². The highest BCUT2D eigenvalue weighted by Crippen LogP contribution is 2.17. The van der Waals surface area contributed by atoms with Gasteiger partial charge in [-0.15, -0.1) is 0 Å². The molecule has 5 heteroatoms. The molecule has 0 aliphatic rings. The summed E-state index contributed by atoms with van der Waals surface area (Å²) in [5.74, 6) is 1.59. The molecule has 0 aliphatic heterocycles. The Balaban J connectivity index is 1.88. The van der Waals surface area contributed by atoms with E-state index in [0.717, 1.165) is 23.8 Å². The lowest BCUT2D eigenvalue weighted by atomic mass is 10.1. The lowest BCUT2D eigenvalue weighted by Crippen LogP contribution is -2.06. The summed E-state index contributed by atoms with van der Waals surface area (Å²) in [7, 11) is 1.86. The van der Waals surface area contributed by atoms with Gasteiger partial charge in [0.05, 0.1) is 6.20 Å². The van der Waals surface area contributed by atoms with E-state index in [-0.39, 0.29) is 0 Å². The number of benzene rings is 1. The van der Waals surface area contributed by atoms with Crippen molar-refractivity contribution in [3.05, 3.63) is 54.0 Å². The number of aryl methyl sites for hydroxylation is 1. The molecule has 3 rings (SSSR count). The van der Waals surface area contributed by atoms with Crippen LogP contribution in [-0.4, -0.2) is 21.4 Å². The Morgan fingerprint density at radius 3 is 3.00 bits per heavy atom. The van der Waals surface area contributed by atoms with Gasteiger partial charge in [0.15, 0.2) is 11.5 Å². The van der Waals surface area contributed by atoms with Gasteiger partial charge in [0.2, 0.25) is 0 Å². The van der Waals surface area contributed by atoms with E-state index < -0.39 is 0 Å². The Morgan fingerprint density at radius 2 is 2.20 bits per heavy atom. The fourth-order valence-electron chi connectivity index (χ4n) is 2.18. The van der Waals surface area contributed by atoms with Crippen LogP contribution in [0.5, 0.6) is 0 Å². The van der Waals surface area contributed by atoms with Gasteiger partial charge in [0, 0.05) is 26.0 Å². The van der Waals surface area contributed by atoms with Crippen LogP contribution in [0.1, 0.15) is 11.1 Å². The van der Waals surface area contributed by atoms with E-state index in [0.29, 0.717) is 0 Å². The average molecular weight is 267 g/mol. The summed E-state index contributed by atoms with van der Waals surface area (Å²) >= 11 is 0. The van der Waals surface area contributed by atoms with Crippen LogP contribution in [-0.2, 0) is 6.54 Å². The third-order valence-corrected chi connectivity index (χ3v) is 3.17. The molecule has 0 atom stereocenters. The quantitative estimate of drug-likeness (QED) is 0.763. The molecule has 0 saturated heterocycles. The van der Waals surface area contributed by atoms with Crippen LogP contribution in [0.25, 0.3) is 5.65 Å². The number of rotatable bonds is 4. The van der Waals surface area contributed by atoms with Crippen LogP contribution in [0.3, 0.4) is 0 Å². The first-order chi connectivity index (χ1) is 9.76. The smallest absolute Gasteiger partial charge is 0.180 e. The van der Waals surface area contributed by atoms with E-state index in [9.17, 15) is 0 Å². The Labute approximate surface area is 117 Å². The first-order valence-corrected chi connectivity index (χ1v) is 6.57. The summed E-state index contributed by atoms with van der Waals surface area (Å²) in [5, 5.41) is 6.41. The Bertz CT molecular complexity index is 732. The van der Waals surface area contributed by atoms with Crippen LogP contribution < -0.4 is 10.6 Å². The van der Waals surface area contributed by atoms with Gasteiger partial charge >= 0.3 is 0 Å². The summed E-state index contributed by atoms with van der Waals surface area (Å²) in [5.41, 5.74) is 3.32. The second-order valence-electron chi connectivity index (χ2n) is 4.73. The average Bonchev–Trinajstić information content (AvgIpc) is 2.93. The number of imidazole rings is 1. The number of fused-ring (bicyclic) bond motifs is 1. The van der Waals surface area contributed by atoms with Crippen molar-refractivity contribution in [3.8, 4) is 0 Å². The molecule has 0 aliphatic carbocycles. The van der Waals surface area contributed by atoms with Crippen LogP contribution in [0.4, 0.5) is 11.6 Å². The van der Waals surface area contributed by atoms with Gasteiger partial charge in [-0.05, 0) is 12.5 Å². The van der Waals surface area contributed by atoms with Crippen molar-refractivity contribution in [2.24, 2.45) is 0 Å². The Kier molecular flexibility index (Phi) is 3.25. The number of nitrogens with one attached hydrogen (secondary N) is 2. The predicted octanol–water partition coefficient (Wildman–Crippen LogP) is 2.69. The van der Waals surface area contributed by atoms with Gasteiger partial charge in [0.1, 0.15) is 5.82 Å². The summed E-state index contributed by atoms with van der Waals surface area (Å²) < 4.78 is 1.96. The van der Waals surface area contributed by atoms with Crippen molar-refractivity contribution in [2.45, 2.75) is 13.5 Å². The lowest BCUT2D eigenvalue weighted by Gasteiger charge is -2.09. The minimum Gasteiger partial charge on any atom is -0.372 e. The number of aromatic nitrogens is 3. The fraction of sp³-hybridized carbons (Fsp3) is 0.200. The zero-order valence-corrected chi connectivity index (χ0v) is 11.6. The molecule has 0 amide bonds. The van der Waals surface area contributed by atoms with E-state index in [4.69, 9.17) is 0 Å². The van der Waals surface area contributed by atoms with Crippen molar-refractivity contribution < 1.29 is 0 Å². The predicted molar refractivity (Wildman–Crippen MR) is 81.0 cm³/mol. The van der Waals surface area contributed by atoms with Crippen molar-refractivity contribution in [3.63, 3.8) is 0 Å². The molecule has 2 heterocycles. The molecular weight excluding hydrogens is 250 g/mol. The van der Waals surface area contributed by atoms with E-state index in [1.54, 1.807) is 6.20 Å². The molecule has 1 aromatic carbocycles. The highest BCUT2D eigenvalue weighted by atomic mass is 15.1. The lowest BCUT2D eigenvalue weighted by molar-refractivity contribution is 1.07. The first-order valence-electron chi connectivity index (χ1n) is 6.57. The van der Waals surface area contributed by atoms with Crippen molar-refractivity contribution >= 4 is 17.3 Å². The van der Waals surface area contributed by atoms with Crippen molar-refractivity contribution in [1.82, 2.24) is 14.4 Å². The van der Waals surface area contributed by atoms with Crippen molar-refractivity contribution in [1.29, 1.82) is 0 Å². The second kappa shape index (κ2) is 5.21. The molecule has 0 unspecified atom stereocenters. The Morgan fingerprint density at radius 1 is 1.30 bits per heavy atom. The topological polar surface area (TPSA) is 54.2 Å². The molecule has 0 spiro atoms. The molecule has 0 fully saturated rings. The molecule has 0 radical (unpaired) electrons. The molecule has 0 bridgehead atoms. The summed E-state index contributed by atoms with van der Waals surface area (Å²) in [6.45, 7) is 2.82. The highest BCUT2D eigenvalue weighted by molar-refractivity contribution is 5.65. The molecular formula is C15H17N5. The van der Waals surface area contributed by atoms with Crippen LogP contribution in [0.2, 0.25) is 0 Å². The van der Waals surface area contributed by atoms with Gasteiger partial charge in [-0.25, -0.2) is 9.97 Å². The normalized spacial score (nSPS) is 10.7. The summed E-state index contributed by atoms with van der Waals surface area (Å²) in [4.78, 5) is 8.86. The van der Waals surface area contributed by atoms with Crippen molar-refractivity contribution in [2.75, 3.05) is 17.7 Å². The third-order valence-electron chi connectivity index (χ3n) is 3.17. The number of hydrogen-bond acceptors (Lipinski definition) is 4. The maximum absolute atomic E-state index is 4.52. The summed E-state index contributed by atoms with van der Waals surface area (Å²) in [6, 6.07) is 8.42. The Hall–Kier alpha value is -2.56. The van der Waals surface area contributed by atoms with Crippen LogP contribution >= 0.6 is 0 Å². The van der Waals surface area contributed by atoms with Gasteiger partial charge in [-0.3, -0.25) is 0 Å². The van der Waals surface area contributed by atoms with E-state index in [2.05, 4.69) is 51.8 Å². The molecule has 5 nitrogen and oxygen atoms in total. The van der Waals surface area contributed by atoms with E-state index in [1.165, 1.54) is 11.1 Å². The third kappa shape index (κ3) is 2.42. The zero-order valence-electron chi connectivity index (χ0n) is 11.6. The fourth-order valence-corrected chi connectivity index (χ4v) is 2.18. The minimum atomic E-state index is 0.727. The SMILES string of the molecule is CNc1cn2ccnc2c(NCc2cccc(C)c2)n1. The molecule has 2 aromatic heterocycles. The number of nitrogens with zero attached hydrogens (tertiary/aromatic N) is 3. The van der Waals surface area contributed by atoms with Gasteiger partial charge in [-0.2, -0.15) is 0 Å². The molecule has 3 aromatic rings. The van der Waals surface area contributed by atoms with Gasteiger partial charge in [-0.1, -0.05) is 29.8 Å². The highest BCUT2D eigenvalue weighted by Gasteiger charge is 2.06. The second-order valence-corrected chi connectivity index (χ2v) is 4.73. The first kappa shape index (κ1) is 12.5. The zero-order chi connectivity index (χ0) is 13.9. The monoisotopic (exact) mass is 267 g/mol. The molecule has 2 N–H and O–H groups in total. The largest absolute Gasteiger partial charge is 0.372 e. The van der Waals surface area contributed by atoms with Gasteiger partial charge < -0.3 is 15.0 Å². The van der Waals surface area contributed by atoms with Crippen LogP contribution in [0.15, 0.2) is 42.9 Å². The molecule has 20 heavy (non-hydrogen) atoms. The number of anilines is 2. The minimum absolute atomic E-state index is 0.727. The molecule has 102 valence electrons. The number of hydrogen-bond donors (Lipinski definition) is 2. The standard InChI is InChI=1S/C15H17N5/c1-11-4-3-5-12(8-11)9-18-14-15-17-6-7-20(15)10-13(16-2)19-14/h3-8,10,16H,9H2,1-2H3,(H,18,19). The maximum atomic E-state index is 4.52. The summed E-state index contributed by atoms with van der Waals surface area (Å²) in [6.07, 6.45) is 5.60. The van der Waals surface area contributed by atoms with Crippen LogP contribution in [0, 0.1) is 6.92 Å². The van der Waals surface area contributed by atoms with E-state index in [1.807, 2.05) is 23.8 Å².